The van der Waals surface area contributed by atoms with Crippen LogP contribution in [0.1, 0.15) is 27.0 Å². The fourth-order valence-corrected chi connectivity index (χ4v) is 2.05. The molecular weight excluding hydrogens is 258 g/mol. The Balaban J connectivity index is 3.43. The first kappa shape index (κ1) is 11.7. The molecule has 0 N–H and O–H groups in total. The van der Waals surface area contributed by atoms with Crippen LogP contribution in [0.25, 0.3) is 0 Å². The van der Waals surface area contributed by atoms with Gasteiger partial charge >= 0.3 is 5.97 Å². The van der Waals surface area contributed by atoms with E-state index in [4.69, 9.17) is 5.26 Å². The van der Waals surface area contributed by atoms with Crippen LogP contribution in [-0.4, -0.2) is 13.1 Å². The van der Waals surface area contributed by atoms with E-state index in [2.05, 4.69) is 20.7 Å². The molecule has 1 rings (SSSR count). The van der Waals surface area contributed by atoms with E-state index < -0.39 is 5.97 Å². The van der Waals surface area contributed by atoms with Gasteiger partial charge in [0.1, 0.15) is 6.07 Å². The Hall–Kier alpha value is -1.34. The predicted molar refractivity (Wildman–Crippen MR) is 59.9 cm³/mol. The third-order valence-electron chi connectivity index (χ3n) is 2.20. The molecule has 0 radical (unpaired) electrons. The number of carbonyl (C=O) groups excluding carboxylic acids is 1. The summed E-state index contributed by atoms with van der Waals surface area (Å²) >= 11 is 3.30. The second-order valence-electron chi connectivity index (χ2n) is 3.02. The van der Waals surface area contributed by atoms with Crippen molar-refractivity contribution in [1.29, 1.82) is 5.26 Å². The van der Waals surface area contributed by atoms with E-state index in [0.29, 0.717) is 16.5 Å². The molecule has 15 heavy (non-hydrogen) atoms. The van der Waals surface area contributed by atoms with E-state index in [-0.39, 0.29) is 0 Å². The Labute approximate surface area is 96.8 Å². The van der Waals surface area contributed by atoms with Crippen molar-refractivity contribution in [3.8, 4) is 6.07 Å². The number of methoxy groups -OCH3 is 1. The van der Waals surface area contributed by atoms with Crippen LogP contribution in [0.3, 0.4) is 0 Å². The van der Waals surface area contributed by atoms with Crippen molar-refractivity contribution >= 4 is 21.9 Å². The molecule has 0 aliphatic heterocycles. The van der Waals surface area contributed by atoms with Gasteiger partial charge in [0.05, 0.1) is 18.2 Å². The molecule has 0 aliphatic carbocycles. The van der Waals surface area contributed by atoms with Crippen molar-refractivity contribution in [2.45, 2.75) is 12.3 Å². The second-order valence-corrected chi connectivity index (χ2v) is 3.58. The Morgan fingerprint density at radius 2 is 2.27 bits per heavy atom. The number of halogens is 1. The maximum Gasteiger partial charge on any atom is 0.339 e. The molecule has 0 aromatic heterocycles. The molecular formula is C11H10BrNO2. The summed E-state index contributed by atoms with van der Waals surface area (Å²) in [7, 11) is 1.30. The fraction of sp³-hybridized carbons (Fsp3) is 0.273. The van der Waals surface area contributed by atoms with Gasteiger partial charge in [0.25, 0.3) is 0 Å². The van der Waals surface area contributed by atoms with E-state index in [9.17, 15) is 4.79 Å². The predicted octanol–water partition coefficient (Wildman–Crippen LogP) is 2.55. The summed E-state index contributed by atoms with van der Waals surface area (Å²) in [6, 6.07) is 5.47. The molecule has 0 bridgehead atoms. The van der Waals surface area contributed by atoms with E-state index in [1.54, 1.807) is 6.07 Å². The van der Waals surface area contributed by atoms with Gasteiger partial charge < -0.3 is 4.74 Å². The molecule has 1 aromatic carbocycles. The Kier molecular flexibility index (Phi) is 3.87. The molecule has 0 saturated carbocycles. The standard InChI is InChI=1S/C11H10BrNO2/c1-7-3-4-8(11(14)15-2)10(6-13)9(7)5-12/h3-4H,5H2,1-2H3. The molecule has 0 aliphatic rings. The highest BCUT2D eigenvalue weighted by atomic mass is 79.9. The molecule has 0 unspecified atom stereocenters. The molecule has 0 fully saturated rings. The molecule has 4 heteroatoms. The zero-order valence-electron chi connectivity index (χ0n) is 8.50. The smallest absolute Gasteiger partial charge is 0.339 e. The highest BCUT2D eigenvalue weighted by Crippen LogP contribution is 2.21. The van der Waals surface area contributed by atoms with Crippen LogP contribution in [0.2, 0.25) is 0 Å². The number of rotatable bonds is 2. The summed E-state index contributed by atoms with van der Waals surface area (Å²) in [4.78, 5) is 11.4. The number of nitrogens with zero attached hydrogens (tertiary/aromatic N) is 1. The van der Waals surface area contributed by atoms with Gasteiger partial charge in [-0.25, -0.2) is 4.79 Å². The SMILES string of the molecule is COC(=O)c1ccc(C)c(CBr)c1C#N. The summed E-state index contributed by atoms with van der Waals surface area (Å²) in [6.07, 6.45) is 0. The third-order valence-corrected chi connectivity index (χ3v) is 2.76. The van der Waals surface area contributed by atoms with E-state index in [1.807, 2.05) is 19.1 Å². The Morgan fingerprint density at radius 3 is 2.73 bits per heavy atom. The summed E-state index contributed by atoms with van der Waals surface area (Å²) < 4.78 is 4.61. The lowest BCUT2D eigenvalue weighted by Crippen LogP contribution is -2.07. The largest absolute Gasteiger partial charge is 0.465 e. The van der Waals surface area contributed by atoms with Gasteiger partial charge in [-0.3, -0.25) is 0 Å². The quantitative estimate of drug-likeness (QED) is 0.611. The highest BCUT2D eigenvalue weighted by molar-refractivity contribution is 9.08. The van der Waals surface area contributed by atoms with Crippen LogP contribution in [0.4, 0.5) is 0 Å². The number of carbonyl (C=O) groups is 1. The number of ether oxygens (including phenoxy) is 1. The van der Waals surface area contributed by atoms with Gasteiger partial charge in [-0.1, -0.05) is 22.0 Å². The lowest BCUT2D eigenvalue weighted by atomic mass is 9.98. The summed E-state index contributed by atoms with van der Waals surface area (Å²) in [5, 5.41) is 9.57. The fourth-order valence-electron chi connectivity index (χ4n) is 1.33. The van der Waals surface area contributed by atoms with Crippen LogP contribution in [0.5, 0.6) is 0 Å². The number of alkyl halides is 1. The minimum Gasteiger partial charge on any atom is -0.465 e. The van der Waals surface area contributed by atoms with Crippen LogP contribution in [-0.2, 0) is 10.1 Å². The molecule has 0 heterocycles. The van der Waals surface area contributed by atoms with Gasteiger partial charge in [0, 0.05) is 5.33 Å². The van der Waals surface area contributed by atoms with Crippen LogP contribution in [0.15, 0.2) is 12.1 Å². The first-order valence-electron chi connectivity index (χ1n) is 4.32. The first-order valence-corrected chi connectivity index (χ1v) is 5.44. The van der Waals surface area contributed by atoms with Crippen molar-refractivity contribution in [2.75, 3.05) is 7.11 Å². The summed E-state index contributed by atoms with van der Waals surface area (Å²) in [5.41, 5.74) is 2.52. The van der Waals surface area contributed by atoms with E-state index in [1.165, 1.54) is 7.11 Å². The van der Waals surface area contributed by atoms with Crippen molar-refractivity contribution in [3.63, 3.8) is 0 Å². The Morgan fingerprint density at radius 1 is 1.60 bits per heavy atom. The van der Waals surface area contributed by atoms with Crippen molar-refractivity contribution in [2.24, 2.45) is 0 Å². The first-order chi connectivity index (χ1) is 7.15. The summed E-state index contributed by atoms with van der Waals surface area (Å²) in [5.74, 6) is -0.478. The van der Waals surface area contributed by atoms with Gasteiger partial charge in [0.15, 0.2) is 0 Å². The maximum absolute atomic E-state index is 11.4. The minimum atomic E-state index is -0.478. The molecule has 0 saturated heterocycles. The van der Waals surface area contributed by atoms with Gasteiger partial charge in [-0.2, -0.15) is 5.26 Å². The van der Waals surface area contributed by atoms with Gasteiger partial charge in [-0.05, 0) is 24.1 Å². The Bertz CT molecular complexity index is 435. The van der Waals surface area contributed by atoms with Crippen LogP contribution < -0.4 is 0 Å². The maximum atomic E-state index is 11.4. The monoisotopic (exact) mass is 267 g/mol. The van der Waals surface area contributed by atoms with Crippen LogP contribution >= 0.6 is 15.9 Å². The molecule has 78 valence electrons. The summed E-state index contributed by atoms with van der Waals surface area (Å²) in [6.45, 7) is 1.90. The van der Waals surface area contributed by atoms with E-state index >= 15 is 0 Å². The lowest BCUT2D eigenvalue weighted by molar-refractivity contribution is 0.0600. The van der Waals surface area contributed by atoms with Crippen molar-refractivity contribution < 1.29 is 9.53 Å². The average Bonchev–Trinajstić information content (AvgIpc) is 2.27. The van der Waals surface area contributed by atoms with Crippen molar-refractivity contribution in [1.82, 2.24) is 0 Å². The number of hydrogen-bond acceptors (Lipinski definition) is 3. The minimum absolute atomic E-state index is 0.319. The number of aryl methyl sites for hydroxylation is 1. The van der Waals surface area contributed by atoms with E-state index in [0.717, 1.165) is 11.1 Å². The molecule has 1 aromatic rings. The number of hydrogen-bond donors (Lipinski definition) is 0. The zero-order valence-corrected chi connectivity index (χ0v) is 10.1. The number of nitriles is 1. The zero-order chi connectivity index (χ0) is 11.4. The number of benzene rings is 1. The second kappa shape index (κ2) is 4.94. The third kappa shape index (κ3) is 2.18. The van der Waals surface area contributed by atoms with Crippen LogP contribution in [0, 0.1) is 18.3 Å². The van der Waals surface area contributed by atoms with Gasteiger partial charge in [-0.15, -0.1) is 0 Å². The lowest BCUT2D eigenvalue weighted by Gasteiger charge is -2.08. The molecule has 0 spiro atoms. The highest BCUT2D eigenvalue weighted by Gasteiger charge is 2.16. The molecule has 0 amide bonds. The molecule has 0 atom stereocenters. The van der Waals surface area contributed by atoms with Crippen molar-refractivity contribution in [3.05, 3.63) is 34.4 Å². The number of esters is 1. The topological polar surface area (TPSA) is 50.1 Å². The normalized spacial score (nSPS) is 9.47. The van der Waals surface area contributed by atoms with Gasteiger partial charge in [0.2, 0.25) is 0 Å². The molecule has 3 nitrogen and oxygen atoms in total. The average molecular weight is 268 g/mol.